The van der Waals surface area contributed by atoms with Gasteiger partial charge in [0.1, 0.15) is 0 Å². The summed E-state index contributed by atoms with van der Waals surface area (Å²) in [7, 11) is 3.46. The fourth-order valence-electron chi connectivity index (χ4n) is 4.95. The molecule has 2 amide bonds. The van der Waals surface area contributed by atoms with E-state index in [4.69, 9.17) is 9.72 Å². The van der Waals surface area contributed by atoms with Gasteiger partial charge < -0.3 is 14.5 Å². The molecule has 1 aliphatic heterocycles. The van der Waals surface area contributed by atoms with Crippen molar-refractivity contribution in [2.75, 3.05) is 33.3 Å². The van der Waals surface area contributed by atoms with Gasteiger partial charge in [-0.2, -0.15) is 0 Å². The second-order valence-electron chi connectivity index (χ2n) is 9.23. The number of piperazine rings is 1. The van der Waals surface area contributed by atoms with Gasteiger partial charge in [0.25, 0.3) is 0 Å². The Morgan fingerprint density at radius 1 is 0.943 bits per heavy atom. The van der Waals surface area contributed by atoms with Gasteiger partial charge in [-0.1, -0.05) is 30.3 Å². The Hall–Kier alpha value is -3.42. The van der Waals surface area contributed by atoms with Crippen LogP contribution in [0, 0.1) is 13.8 Å². The van der Waals surface area contributed by atoms with E-state index in [0.717, 1.165) is 40.7 Å². The smallest absolute Gasteiger partial charge is 0.242 e. The molecule has 0 radical (unpaired) electrons. The van der Waals surface area contributed by atoms with Crippen molar-refractivity contribution in [3.05, 3.63) is 52.7 Å². The first-order valence-corrected chi connectivity index (χ1v) is 12.3. The molecule has 0 saturated carbocycles. The van der Waals surface area contributed by atoms with Gasteiger partial charge in [-0.05, 0) is 49.8 Å². The van der Waals surface area contributed by atoms with Crippen molar-refractivity contribution >= 4 is 22.8 Å². The van der Waals surface area contributed by atoms with E-state index < -0.39 is 0 Å². The van der Waals surface area contributed by atoms with Crippen LogP contribution in [0.2, 0.25) is 0 Å². The first kappa shape index (κ1) is 24.7. The van der Waals surface area contributed by atoms with E-state index in [1.54, 1.807) is 11.8 Å². The van der Waals surface area contributed by atoms with Crippen molar-refractivity contribution in [3.63, 3.8) is 0 Å². The minimum absolute atomic E-state index is 0.123. The van der Waals surface area contributed by atoms with E-state index in [1.807, 2.05) is 48.9 Å². The number of ether oxygens (including phenoxy) is 1. The monoisotopic (exact) mass is 477 g/mol. The quantitative estimate of drug-likeness (QED) is 0.498. The SMILES string of the molecule is COc1nn(C)c2nc(C)c(CCC(=O)N3CCN(C(=O)CCCc4ccccc4)CC3)c(C)c12. The van der Waals surface area contributed by atoms with Crippen LogP contribution in [-0.2, 0) is 29.5 Å². The summed E-state index contributed by atoms with van der Waals surface area (Å²) in [5.74, 6) is 0.868. The summed E-state index contributed by atoms with van der Waals surface area (Å²) in [6, 6.07) is 10.3. The number of amides is 2. The molecule has 3 aromatic rings. The van der Waals surface area contributed by atoms with E-state index in [1.165, 1.54) is 5.56 Å². The standard InChI is InChI=1S/C27H35N5O3/c1-19-22(20(2)28-26-25(19)27(35-4)29-30(26)3)13-14-24(34)32-17-15-31(16-18-32)23(33)12-8-11-21-9-6-5-7-10-21/h5-7,9-10H,8,11-18H2,1-4H3. The van der Waals surface area contributed by atoms with Crippen LogP contribution in [0.3, 0.4) is 0 Å². The number of pyridine rings is 1. The van der Waals surface area contributed by atoms with Crippen LogP contribution >= 0.6 is 0 Å². The normalized spacial score (nSPS) is 13.9. The molecule has 8 heteroatoms. The van der Waals surface area contributed by atoms with Crippen molar-refractivity contribution in [1.29, 1.82) is 0 Å². The number of aromatic nitrogens is 3. The molecule has 0 spiro atoms. The van der Waals surface area contributed by atoms with Gasteiger partial charge in [-0.3, -0.25) is 9.59 Å². The number of rotatable bonds is 8. The predicted octanol–water partition coefficient (Wildman–Crippen LogP) is 3.22. The second kappa shape index (κ2) is 10.9. The Bertz CT molecular complexity index is 1200. The predicted molar refractivity (Wildman–Crippen MR) is 135 cm³/mol. The van der Waals surface area contributed by atoms with Crippen molar-refractivity contribution in [2.24, 2.45) is 7.05 Å². The summed E-state index contributed by atoms with van der Waals surface area (Å²) in [6.07, 6.45) is 3.35. The molecule has 35 heavy (non-hydrogen) atoms. The molecule has 4 rings (SSSR count). The molecule has 0 unspecified atom stereocenters. The summed E-state index contributed by atoms with van der Waals surface area (Å²) >= 11 is 0. The number of fused-ring (bicyclic) bond motifs is 1. The highest BCUT2D eigenvalue weighted by atomic mass is 16.5. The Labute approximate surface area is 206 Å². The zero-order chi connectivity index (χ0) is 24.9. The average Bonchev–Trinajstić information content (AvgIpc) is 3.19. The van der Waals surface area contributed by atoms with Crippen LogP contribution in [-0.4, -0.2) is 69.7 Å². The van der Waals surface area contributed by atoms with Gasteiger partial charge in [0.05, 0.1) is 12.5 Å². The van der Waals surface area contributed by atoms with Crippen molar-refractivity contribution < 1.29 is 14.3 Å². The van der Waals surface area contributed by atoms with Crippen LogP contribution in [0.25, 0.3) is 11.0 Å². The number of benzene rings is 1. The zero-order valence-electron chi connectivity index (χ0n) is 21.2. The summed E-state index contributed by atoms with van der Waals surface area (Å²) in [5.41, 5.74) is 5.11. The molecule has 0 aliphatic carbocycles. The number of aryl methyl sites for hydroxylation is 4. The molecule has 0 atom stereocenters. The van der Waals surface area contributed by atoms with Gasteiger partial charge >= 0.3 is 0 Å². The number of nitrogens with zero attached hydrogens (tertiary/aromatic N) is 5. The summed E-state index contributed by atoms with van der Waals surface area (Å²) < 4.78 is 7.17. The van der Waals surface area contributed by atoms with E-state index in [0.29, 0.717) is 51.3 Å². The number of carbonyl (C=O) groups is 2. The van der Waals surface area contributed by atoms with Crippen LogP contribution < -0.4 is 4.74 Å². The Balaban J connectivity index is 1.28. The van der Waals surface area contributed by atoms with E-state index in [-0.39, 0.29) is 11.8 Å². The molecular weight excluding hydrogens is 442 g/mol. The molecule has 1 fully saturated rings. The maximum atomic E-state index is 13.0. The van der Waals surface area contributed by atoms with Gasteiger partial charge in [-0.25, -0.2) is 9.67 Å². The summed E-state index contributed by atoms with van der Waals surface area (Å²) in [6.45, 7) is 6.42. The lowest BCUT2D eigenvalue weighted by Gasteiger charge is -2.35. The number of methoxy groups -OCH3 is 1. The second-order valence-corrected chi connectivity index (χ2v) is 9.23. The lowest BCUT2D eigenvalue weighted by atomic mass is 10.00. The maximum absolute atomic E-state index is 13.0. The van der Waals surface area contributed by atoms with E-state index in [2.05, 4.69) is 17.2 Å². The molecule has 1 aliphatic rings. The molecule has 1 aromatic carbocycles. The highest BCUT2D eigenvalue weighted by Gasteiger charge is 2.24. The molecule has 0 N–H and O–H groups in total. The van der Waals surface area contributed by atoms with Gasteiger partial charge in [0.2, 0.25) is 17.7 Å². The van der Waals surface area contributed by atoms with Crippen molar-refractivity contribution in [2.45, 2.75) is 46.0 Å². The van der Waals surface area contributed by atoms with Crippen LogP contribution in [0.4, 0.5) is 0 Å². The summed E-state index contributed by atoms with van der Waals surface area (Å²) in [5, 5.41) is 5.30. The van der Waals surface area contributed by atoms with Gasteiger partial charge in [0.15, 0.2) is 5.65 Å². The molecule has 0 bridgehead atoms. The van der Waals surface area contributed by atoms with Crippen molar-refractivity contribution in [3.8, 4) is 5.88 Å². The van der Waals surface area contributed by atoms with Crippen LogP contribution in [0.1, 0.15) is 41.6 Å². The third-order valence-corrected chi connectivity index (χ3v) is 6.99. The number of hydrogen-bond acceptors (Lipinski definition) is 5. The minimum atomic E-state index is 0.123. The summed E-state index contributed by atoms with van der Waals surface area (Å²) in [4.78, 5) is 34.1. The Morgan fingerprint density at radius 2 is 1.57 bits per heavy atom. The maximum Gasteiger partial charge on any atom is 0.242 e. The molecular formula is C27H35N5O3. The number of carbonyl (C=O) groups excluding carboxylic acids is 2. The Kier molecular flexibility index (Phi) is 7.68. The zero-order valence-corrected chi connectivity index (χ0v) is 21.2. The largest absolute Gasteiger partial charge is 0.479 e. The highest BCUT2D eigenvalue weighted by Crippen LogP contribution is 2.30. The lowest BCUT2D eigenvalue weighted by molar-refractivity contribution is -0.139. The average molecular weight is 478 g/mol. The first-order chi connectivity index (χ1) is 16.9. The van der Waals surface area contributed by atoms with E-state index in [9.17, 15) is 9.59 Å². The van der Waals surface area contributed by atoms with Gasteiger partial charge in [0, 0.05) is 51.8 Å². The minimum Gasteiger partial charge on any atom is -0.479 e. The van der Waals surface area contributed by atoms with Crippen LogP contribution in [0.5, 0.6) is 5.88 Å². The number of hydrogen-bond donors (Lipinski definition) is 0. The molecule has 186 valence electrons. The van der Waals surface area contributed by atoms with Crippen LogP contribution in [0.15, 0.2) is 30.3 Å². The Morgan fingerprint density at radius 3 is 2.20 bits per heavy atom. The van der Waals surface area contributed by atoms with E-state index >= 15 is 0 Å². The third kappa shape index (κ3) is 5.47. The fraction of sp³-hybridized carbons (Fsp3) is 0.481. The molecule has 1 saturated heterocycles. The van der Waals surface area contributed by atoms with Crippen molar-refractivity contribution in [1.82, 2.24) is 24.6 Å². The lowest BCUT2D eigenvalue weighted by Crippen LogP contribution is -2.50. The highest BCUT2D eigenvalue weighted by molar-refractivity contribution is 5.86. The molecule has 2 aromatic heterocycles. The fourth-order valence-corrected chi connectivity index (χ4v) is 4.95. The topological polar surface area (TPSA) is 80.6 Å². The molecule has 3 heterocycles. The molecule has 8 nitrogen and oxygen atoms in total. The third-order valence-electron chi connectivity index (χ3n) is 6.99. The van der Waals surface area contributed by atoms with Gasteiger partial charge in [-0.15, -0.1) is 5.10 Å². The first-order valence-electron chi connectivity index (χ1n) is 12.3.